The van der Waals surface area contributed by atoms with Crippen molar-refractivity contribution in [2.75, 3.05) is 11.4 Å². The third kappa shape index (κ3) is 2.85. The minimum atomic E-state index is -0.848. The summed E-state index contributed by atoms with van der Waals surface area (Å²) in [5.41, 5.74) is 1.61. The number of H-pyrrole nitrogens is 1. The first-order chi connectivity index (χ1) is 14.2. The molecule has 2 aromatic carbocycles. The molecule has 1 fully saturated rings. The molecule has 7 heteroatoms. The van der Waals surface area contributed by atoms with E-state index in [0.717, 1.165) is 21.7 Å². The molecule has 5 rings (SSSR count). The van der Waals surface area contributed by atoms with Crippen LogP contribution in [0.2, 0.25) is 0 Å². The number of rotatable bonds is 3. The van der Waals surface area contributed by atoms with Crippen molar-refractivity contribution in [2.24, 2.45) is 0 Å². The number of benzene rings is 2. The lowest BCUT2D eigenvalue weighted by Gasteiger charge is -2.15. The molecule has 4 aromatic rings. The quantitative estimate of drug-likeness (QED) is 0.521. The van der Waals surface area contributed by atoms with Crippen LogP contribution in [0.25, 0.3) is 21.7 Å². The summed E-state index contributed by atoms with van der Waals surface area (Å²) < 4.78 is 5.51. The monoisotopic (exact) mass is 401 g/mol. The predicted octanol–water partition coefficient (Wildman–Crippen LogP) is 4.22. The van der Waals surface area contributed by atoms with Gasteiger partial charge in [-0.1, -0.05) is 30.3 Å². The lowest BCUT2D eigenvalue weighted by Crippen LogP contribution is -2.32. The standard InChI is InChI=1S/C22H15N3O3S/c23-12-14-8-10-29-21(14)25-9-7-19(20(25)26)28-22(27)18-11-16-15-4-2-1-3-13(15)5-6-17(16)24-18/h1-6,8,10-11,19,24H,7,9H2. The molecule has 1 atom stereocenters. The van der Waals surface area contributed by atoms with E-state index in [1.165, 1.54) is 16.2 Å². The zero-order valence-electron chi connectivity index (χ0n) is 15.2. The summed E-state index contributed by atoms with van der Waals surface area (Å²) in [6, 6.07) is 17.4. The van der Waals surface area contributed by atoms with E-state index in [1.807, 2.05) is 36.4 Å². The SMILES string of the molecule is N#Cc1ccsc1N1CCC(OC(=O)c2cc3c(ccc4ccccc43)[nH]2)C1=O. The molecule has 0 radical (unpaired) electrons. The van der Waals surface area contributed by atoms with Crippen LogP contribution in [0.5, 0.6) is 0 Å². The highest BCUT2D eigenvalue weighted by Gasteiger charge is 2.37. The molecule has 1 saturated heterocycles. The molecule has 6 nitrogen and oxygen atoms in total. The van der Waals surface area contributed by atoms with E-state index < -0.39 is 12.1 Å². The first-order valence-electron chi connectivity index (χ1n) is 9.16. The third-order valence-corrected chi connectivity index (χ3v) is 6.10. The highest BCUT2D eigenvalue weighted by atomic mass is 32.1. The Bertz CT molecular complexity index is 1310. The van der Waals surface area contributed by atoms with E-state index in [4.69, 9.17) is 4.74 Å². The zero-order chi connectivity index (χ0) is 20.0. The second-order valence-corrected chi connectivity index (χ2v) is 7.75. The fraction of sp³-hybridized carbons (Fsp3) is 0.136. The number of amides is 1. The first-order valence-corrected chi connectivity index (χ1v) is 10.0. The number of esters is 1. The molecular weight excluding hydrogens is 386 g/mol. The summed E-state index contributed by atoms with van der Waals surface area (Å²) >= 11 is 1.33. The Hall–Kier alpha value is -3.63. The molecule has 1 unspecified atom stereocenters. The fourth-order valence-electron chi connectivity index (χ4n) is 3.75. The maximum atomic E-state index is 12.7. The molecule has 3 heterocycles. The third-order valence-electron chi connectivity index (χ3n) is 5.16. The van der Waals surface area contributed by atoms with Crippen molar-refractivity contribution >= 4 is 49.9 Å². The Morgan fingerprint density at radius 3 is 2.93 bits per heavy atom. The largest absolute Gasteiger partial charge is 0.447 e. The topological polar surface area (TPSA) is 86.2 Å². The van der Waals surface area contributed by atoms with Gasteiger partial charge in [0.2, 0.25) is 0 Å². The number of carbonyl (C=O) groups is 2. The second-order valence-electron chi connectivity index (χ2n) is 6.85. The van der Waals surface area contributed by atoms with Crippen molar-refractivity contribution in [3.8, 4) is 6.07 Å². The number of nitrogens with one attached hydrogen (secondary N) is 1. The molecule has 1 aliphatic rings. The van der Waals surface area contributed by atoms with Crippen LogP contribution in [0.4, 0.5) is 5.00 Å². The van der Waals surface area contributed by atoms with Gasteiger partial charge in [0, 0.05) is 23.9 Å². The van der Waals surface area contributed by atoms with Crippen molar-refractivity contribution in [3.05, 3.63) is 65.2 Å². The lowest BCUT2D eigenvalue weighted by atomic mass is 10.1. The van der Waals surface area contributed by atoms with Gasteiger partial charge in [0.05, 0.1) is 5.56 Å². The van der Waals surface area contributed by atoms with Gasteiger partial charge in [-0.05, 0) is 34.4 Å². The fourth-order valence-corrected chi connectivity index (χ4v) is 4.63. The number of nitrogens with zero attached hydrogens (tertiary/aromatic N) is 2. The number of hydrogen-bond donors (Lipinski definition) is 1. The molecule has 1 aliphatic heterocycles. The first kappa shape index (κ1) is 17.5. The Kier molecular flexibility index (Phi) is 4.07. The average Bonchev–Trinajstić information content (AvgIpc) is 3.46. The van der Waals surface area contributed by atoms with Crippen molar-refractivity contribution in [3.63, 3.8) is 0 Å². The normalized spacial score (nSPS) is 16.4. The van der Waals surface area contributed by atoms with Crippen LogP contribution in [0.15, 0.2) is 53.9 Å². The Labute approximate surface area is 169 Å². The van der Waals surface area contributed by atoms with Gasteiger partial charge in [-0.15, -0.1) is 11.3 Å². The molecule has 0 spiro atoms. The molecule has 0 aliphatic carbocycles. The molecular formula is C22H15N3O3S. The van der Waals surface area contributed by atoms with Gasteiger partial charge in [-0.2, -0.15) is 5.26 Å². The summed E-state index contributed by atoms with van der Waals surface area (Å²) in [7, 11) is 0. The summed E-state index contributed by atoms with van der Waals surface area (Å²) in [6.07, 6.45) is -0.449. The van der Waals surface area contributed by atoms with Crippen LogP contribution in [-0.2, 0) is 9.53 Å². The van der Waals surface area contributed by atoms with E-state index in [-0.39, 0.29) is 5.91 Å². The minimum Gasteiger partial charge on any atom is -0.447 e. The van der Waals surface area contributed by atoms with Gasteiger partial charge in [-0.25, -0.2) is 4.79 Å². The highest BCUT2D eigenvalue weighted by Crippen LogP contribution is 2.32. The number of aromatic nitrogens is 1. The van der Waals surface area contributed by atoms with Gasteiger partial charge in [0.1, 0.15) is 16.8 Å². The highest BCUT2D eigenvalue weighted by molar-refractivity contribution is 7.14. The number of ether oxygens (including phenoxy) is 1. The molecule has 1 N–H and O–H groups in total. The Morgan fingerprint density at radius 2 is 2.07 bits per heavy atom. The number of nitriles is 1. The van der Waals surface area contributed by atoms with Gasteiger partial charge < -0.3 is 9.72 Å². The lowest BCUT2D eigenvalue weighted by molar-refractivity contribution is -0.124. The van der Waals surface area contributed by atoms with Crippen molar-refractivity contribution in [1.29, 1.82) is 5.26 Å². The van der Waals surface area contributed by atoms with Crippen molar-refractivity contribution in [1.82, 2.24) is 4.98 Å². The average molecular weight is 401 g/mol. The number of fused-ring (bicyclic) bond motifs is 3. The molecule has 29 heavy (non-hydrogen) atoms. The van der Waals surface area contributed by atoms with Crippen LogP contribution < -0.4 is 4.90 Å². The maximum Gasteiger partial charge on any atom is 0.355 e. The van der Waals surface area contributed by atoms with E-state index >= 15 is 0 Å². The van der Waals surface area contributed by atoms with Crippen LogP contribution in [-0.4, -0.2) is 29.5 Å². The van der Waals surface area contributed by atoms with Gasteiger partial charge in [0.25, 0.3) is 5.91 Å². The molecule has 142 valence electrons. The van der Waals surface area contributed by atoms with Crippen molar-refractivity contribution in [2.45, 2.75) is 12.5 Å². The van der Waals surface area contributed by atoms with Crippen LogP contribution in [0.3, 0.4) is 0 Å². The van der Waals surface area contributed by atoms with Crippen LogP contribution >= 0.6 is 11.3 Å². The Morgan fingerprint density at radius 1 is 1.21 bits per heavy atom. The molecule has 0 bridgehead atoms. The summed E-state index contributed by atoms with van der Waals surface area (Å²) in [5, 5.41) is 14.6. The van der Waals surface area contributed by atoms with Crippen LogP contribution in [0, 0.1) is 11.3 Å². The summed E-state index contributed by atoms with van der Waals surface area (Å²) in [4.78, 5) is 30.0. The molecule has 2 aromatic heterocycles. The number of hydrogen-bond acceptors (Lipinski definition) is 5. The van der Waals surface area contributed by atoms with E-state index in [1.54, 1.807) is 17.5 Å². The smallest absolute Gasteiger partial charge is 0.355 e. The summed E-state index contributed by atoms with van der Waals surface area (Å²) in [5.74, 6) is -0.851. The number of anilines is 1. The minimum absolute atomic E-state index is 0.293. The maximum absolute atomic E-state index is 12.7. The van der Waals surface area contributed by atoms with E-state index in [2.05, 4.69) is 11.1 Å². The van der Waals surface area contributed by atoms with Crippen molar-refractivity contribution < 1.29 is 14.3 Å². The predicted molar refractivity (Wildman–Crippen MR) is 111 cm³/mol. The van der Waals surface area contributed by atoms with Gasteiger partial charge >= 0.3 is 5.97 Å². The molecule has 0 saturated carbocycles. The number of aromatic amines is 1. The van der Waals surface area contributed by atoms with Gasteiger partial charge in [0.15, 0.2) is 6.10 Å². The summed E-state index contributed by atoms with van der Waals surface area (Å²) in [6.45, 7) is 0.420. The van der Waals surface area contributed by atoms with Gasteiger partial charge in [-0.3, -0.25) is 9.69 Å². The second kappa shape index (κ2) is 6.76. The molecule has 1 amide bonds. The number of carbonyl (C=O) groups excluding carboxylic acids is 2. The van der Waals surface area contributed by atoms with E-state index in [0.29, 0.717) is 29.2 Å². The Balaban J connectivity index is 1.39. The van der Waals surface area contributed by atoms with E-state index in [9.17, 15) is 14.9 Å². The zero-order valence-corrected chi connectivity index (χ0v) is 16.0. The van der Waals surface area contributed by atoms with Crippen LogP contribution in [0.1, 0.15) is 22.5 Å². The number of thiophene rings is 1.